The molecule has 3 saturated heterocycles. The van der Waals surface area contributed by atoms with E-state index >= 15 is 0 Å². The van der Waals surface area contributed by atoms with Crippen molar-refractivity contribution in [2.45, 2.75) is 12.8 Å². The summed E-state index contributed by atoms with van der Waals surface area (Å²) in [5.74, 6) is 0.433. The molecular weight excluding hydrogens is 396 g/mol. The number of hydrogen-bond acceptors (Lipinski definition) is 9. The normalized spacial score (nSPS) is 23.5. The van der Waals surface area contributed by atoms with E-state index in [0.29, 0.717) is 30.1 Å². The zero-order valence-corrected chi connectivity index (χ0v) is 17.5. The molecule has 1 spiro atoms. The molecule has 0 saturated carbocycles. The Labute approximate surface area is 181 Å². The van der Waals surface area contributed by atoms with Crippen LogP contribution in [0.5, 0.6) is 0 Å². The standard InChI is InChI=1S/C21H28N8O2/c22-19-18(27-17(12-25-19)29-6-3-21(14-29)2-5-24-13-21)20(30)26-15-11-23-4-1-16(15)28-7-9-31-10-8-28/h1,4,11-12,24H,2-3,5-10,13-14H2,(H2,22,25)(H,26,30). The number of anilines is 4. The molecule has 0 aliphatic carbocycles. The lowest BCUT2D eigenvalue weighted by molar-refractivity contribution is 0.102. The number of hydrogen-bond donors (Lipinski definition) is 3. The van der Waals surface area contributed by atoms with Crippen LogP contribution in [0.25, 0.3) is 0 Å². The number of pyridine rings is 1. The van der Waals surface area contributed by atoms with E-state index in [2.05, 4.69) is 35.4 Å². The molecule has 0 bridgehead atoms. The van der Waals surface area contributed by atoms with Crippen molar-refractivity contribution in [3.05, 3.63) is 30.4 Å². The molecule has 164 valence electrons. The maximum Gasteiger partial charge on any atom is 0.278 e. The van der Waals surface area contributed by atoms with Crippen LogP contribution in [-0.2, 0) is 4.74 Å². The molecule has 1 amide bonds. The van der Waals surface area contributed by atoms with Crippen molar-refractivity contribution >= 4 is 28.9 Å². The van der Waals surface area contributed by atoms with Crippen LogP contribution < -0.4 is 26.2 Å². The van der Waals surface area contributed by atoms with Gasteiger partial charge in [-0.05, 0) is 25.5 Å². The second-order valence-electron chi connectivity index (χ2n) is 8.51. The smallest absolute Gasteiger partial charge is 0.278 e. The van der Waals surface area contributed by atoms with Crippen molar-refractivity contribution < 1.29 is 9.53 Å². The molecule has 31 heavy (non-hydrogen) atoms. The van der Waals surface area contributed by atoms with Gasteiger partial charge in [-0.1, -0.05) is 0 Å². The van der Waals surface area contributed by atoms with Gasteiger partial charge in [-0.15, -0.1) is 0 Å². The first-order valence-corrected chi connectivity index (χ1v) is 10.8. The highest BCUT2D eigenvalue weighted by molar-refractivity contribution is 6.07. The number of carbonyl (C=O) groups is 1. The lowest BCUT2D eigenvalue weighted by Gasteiger charge is -2.30. The summed E-state index contributed by atoms with van der Waals surface area (Å²) in [6.07, 6.45) is 7.32. The molecule has 3 aliphatic heterocycles. The third kappa shape index (κ3) is 4.00. The summed E-state index contributed by atoms with van der Waals surface area (Å²) in [6, 6.07) is 1.89. The Morgan fingerprint density at radius 2 is 2.06 bits per heavy atom. The van der Waals surface area contributed by atoms with Crippen LogP contribution in [0.1, 0.15) is 23.3 Å². The van der Waals surface area contributed by atoms with Gasteiger partial charge in [0.2, 0.25) is 0 Å². The summed E-state index contributed by atoms with van der Waals surface area (Å²) >= 11 is 0. The summed E-state index contributed by atoms with van der Waals surface area (Å²) < 4.78 is 5.44. The molecular formula is C21H28N8O2. The minimum absolute atomic E-state index is 0.120. The zero-order chi connectivity index (χ0) is 21.3. The van der Waals surface area contributed by atoms with E-state index in [9.17, 15) is 4.79 Å². The van der Waals surface area contributed by atoms with Gasteiger partial charge in [0.05, 0.1) is 37.0 Å². The number of amides is 1. The molecule has 0 aromatic carbocycles. The van der Waals surface area contributed by atoms with Crippen LogP contribution in [0, 0.1) is 5.41 Å². The van der Waals surface area contributed by atoms with Gasteiger partial charge in [0.25, 0.3) is 5.91 Å². The maximum atomic E-state index is 13.1. The number of carbonyl (C=O) groups excluding carboxylic acids is 1. The van der Waals surface area contributed by atoms with Crippen LogP contribution in [0.15, 0.2) is 24.7 Å². The Morgan fingerprint density at radius 1 is 1.19 bits per heavy atom. The molecule has 2 aromatic rings. The lowest BCUT2D eigenvalue weighted by Crippen LogP contribution is -2.36. The summed E-state index contributed by atoms with van der Waals surface area (Å²) in [5, 5.41) is 6.40. The van der Waals surface area contributed by atoms with E-state index < -0.39 is 0 Å². The van der Waals surface area contributed by atoms with Crippen LogP contribution in [0.3, 0.4) is 0 Å². The van der Waals surface area contributed by atoms with Gasteiger partial charge in [-0.2, -0.15) is 0 Å². The fourth-order valence-corrected chi connectivity index (χ4v) is 4.73. The Balaban J connectivity index is 1.35. The van der Waals surface area contributed by atoms with Gasteiger partial charge in [0, 0.05) is 44.3 Å². The molecule has 1 atom stereocenters. The fraction of sp³-hybridized carbons (Fsp3) is 0.524. The second kappa shape index (κ2) is 8.27. The lowest BCUT2D eigenvalue weighted by atomic mass is 9.87. The summed E-state index contributed by atoms with van der Waals surface area (Å²) in [5.41, 5.74) is 8.00. The first-order chi connectivity index (χ1) is 15.1. The first-order valence-electron chi connectivity index (χ1n) is 10.8. The number of nitrogen functional groups attached to an aromatic ring is 1. The van der Waals surface area contributed by atoms with E-state index in [1.54, 1.807) is 18.6 Å². The van der Waals surface area contributed by atoms with Crippen LogP contribution >= 0.6 is 0 Å². The number of nitrogens with two attached hydrogens (primary N) is 1. The SMILES string of the molecule is Nc1ncc(N2CCC3(CCNC3)C2)nc1C(=O)Nc1cnccc1N1CCOCC1. The third-order valence-corrected chi connectivity index (χ3v) is 6.50. The van der Waals surface area contributed by atoms with Crippen molar-refractivity contribution in [2.75, 3.05) is 73.3 Å². The Bertz CT molecular complexity index is 956. The largest absolute Gasteiger partial charge is 0.382 e. The van der Waals surface area contributed by atoms with Crippen LogP contribution in [0.4, 0.5) is 23.0 Å². The Morgan fingerprint density at radius 3 is 2.87 bits per heavy atom. The monoisotopic (exact) mass is 424 g/mol. The van der Waals surface area contributed by atoms with Crippen LogP contribution in [-0.4, -0.2) is 73.3 Å². The molecule has 0 radical (unpaired) electrons. The number of nitrogens with one attached hydrogen (secondary N) is 2. The van der Waals surface area contributed by atoms with Crippen molar-refractivity contribution in [3.8, 4) is 0 Å². The minimum Gasteiger partial charge on any atom is -0.382 e. The molecule has 1 unspecified atom stereocenters. The van der Waals surface area contributed by atoms with E-state index in [0.717, 1.165) is 51.4 Å². The second-order valence-corrected chi connectivity index (χ2v) is 8.51. The third-order valence-electron chi connectivity index (χ3n) is 6.50. The van der Waals surface area contributed by atoms with E-state index in [4.69, 9.17) is 10.5 Å². The van der Waals surface area contributed by atoms with Gasteiger partial charge in [-0.3, -0.25) is 9.78 Å². The average molecular weight is 425 g/mol. The quantitative estimate of drug-likeness (QED) is 0.652. The molecule has 5 rings (SSSR count). The molecule has 3 aliphatic rings. The highest BCUT2D eigenvalue weighted by Gasteiger charge is 2.41. The van der Waals surface area contributed by atoms with Crippen molar-refractivity contribution in [2.24, 2.45) is 5.41 Å². The topological polar surface area (TPSA) is 122 Å². The number of aromatic nitrogens is 3. The molecule has 5 heterocycles. The van der Waals surface area contributed by atoms with Crippen LogP contribution in [0.2, 0.25) is 0 Å². The predicted octanol–water partition coefficient (Wildman–Crippen LogP) is 0.733. The van der Waals surface area contributed by atoms with E-state index in [1.807, 2.05) is 6.07 Å². The highest BCUT2D eigenvalue weighted by Crippen LogP contribution is 2.37. The van der Waals surface area contributed by atoms with E-state index in [-0.39, 0.29) is 17.4 Å². The molecule has 10 heteroatoms. The Kier molecular flexibility index (Phi) is 5.33. The first kappa shape index (κ1) is 20.0. The van der Waals surface area contributed by atoms with Crippen molar-refractivity contribution in [1.82, 2.24) is 20.3 Å². The average Bonchev–Trinajstić information content (AvgIpc) is 3.45. The molecule has 10 nitrogen and oxygen atoms in total. The minimum atomic E-state index is -0.384. The Hall–Kier alpha value is -2.98. The van der Waals surface area contributed by atoms with Gasteiger partial charge in [0.15, 0.2) is 11.5 Å². The summed E-state index contributed by atoms with van der Waals surface area (Å²) in [4.78, 5) is 30.5. The zero-order valence-electron chi connectivity index (χ0n) is 17.5. The van der Waals surface area contributed by atoms with Gasteiger partial charge in [-0.25, -0.2) is 9.97 Å². The molecule has 2 aromatic heterocycles. The highest BCUT2D eigenvalue weighted by atomic mass is 16.5. The number of rotatable bonds is 4. The molecule has 3 fully saturated rings. The van der Waals surface area contributed by atoms with Gasteiger partial charge in [0.1, 0.15) is 5.82 Å². The predicted molar refractivity (Wildman–Crippen MR) is 118 cm³/mol. The maximum absolute atomic E-state index is 13.1. The number of nitrogens with zero attached hydrogens (tertiary/aromatic N) is 5. The van der Waals surface area contributed by atoms with Crippen molar-refractivity contribution in [3.63, 3.8) is 0 Å². The number of ether oxygens (including phenoxy) is 1. The van der Waals surface area contributed by atoms with Gasteiger partial charge >= 0.3 is 0 Å². The van der Waals surface area contributed by atoms with E-state index in [1.165, 1.54) is 6.42 Å². The van der Waals surface area contributed by atoms with Crippen molar-refractivity contribution in [1.29, 1.82) is 0 Å². The van der Waals surface area contributed by atoms with Gasteiger partial charge < -0.3 is 30.9 Å². The fourth-order valence-electron chi connectivity index (χ4n) is 4.73. The number of morpholine rings is 1. The summed E-state index contributed by atoms with van der Waals surface area (Å²) in [6.45, 7) is 6.75. The summed E-state index contributed by atoms with van der Waals surface area (Å²) in [7, 11) is 0. The molecule has 4 N–H and O–H groups in total.